The highest BCUT2D eigenvalue weighted by molar-refractivity contribution is 6.60. The molecule has 0 aromatic heterocycles. The highest BCUT2D eigenvalue weighted by atomic mass is 28.4. The van der Waals surface area contributed by atoms with Gasteiger partial charge >= 0.3 is 8.80 Å². The zero-order valence-corrected chi connectivity index (χ0v) is 13.6. The Bertz CT molecular complexity index is 160. The fourth-order valence-corrected chi connectivity index (χ4v) is 4.43. The minimum atomic E-state index is -2.44. The van der Waals surface area contributed by atoms with Gasteiger partial charge in [-0.3, -0.25) is 0 Å². The van der Waals surface area contributed by atoms with Gasteiger partial charge in [-0.1, -0.05) is 20.8 Å². The van der Waals surface area contributed by atoms with Crippen molar-refractivity contribution in [2.24, 2.45) is 0 Å². The molecule has 0 saturated heterocycles. The average molecular weight is 277 g/mol. The van der Waals surface area contributed by atoms with Crippen LogP contribution >= 0.6 is 0 Å². The monoisotopic (exact) mass is 277 g/mol. The Labute approximate surface area is 114 Å². The van der Waals surface area contributed by atoms with Crippen molar-refractivity contribution in [1.82, 2.24) is 5.32 Å². The summed E-state index contributed by atoms with van der Waals surface area (Å²) in [5.74, 6) is 0. The number of hydrogen-bond donors (Lipinski definition) is 1. The zero-order chi connectivity index (χ0) is 13.7. The summed E-state index contributed by atoms with van der Waals surface area (Å²) in [6.07, 6.45) is 4.06. The van der Waals surface area contributed by atoms with Crippen LogP contribution in [0.2, 0.25) is 6.04 Å². The lowest BCUT2D eigenvalue weighted by Crippen LogP contribution is -2.47. The molecular weight excluding hydrogens is 246 g/mol. The molecule has 0 aliphatic carbocycles. The van der Waals surface area contributed by atoms with Gasteiger partial charge in [-0.2, -0.15) is 0 Å². The van der Waals surface area contributed by atoms with Gasteiger partial charge in [-0.25, -0.2) is 0 Å². The van der Waals surface area contributed by atoms with Crippen LogP contribution in [0.3, 0.4) is 0 Å². The van der Waals surface area contributed by atoms with E-state index in [-0.39, 0.29) is 0 Å². The molecular formula is C13H31NO3Si. The van der Waals surface area contributed by atoms with E-state index in [0.717, 1.165) is 58.1 Å². The zero-order valence-electron chi connectivity index (χ0n) is 12.6. The highest BCUT2D eigenvalue weighted by Crippen LogP contribution is 2.19. The summed E-state index contributed by atoms with van der Waals surface area (Å²) < 4.78 is 18.0. The molecule has 0 heterocycles. The molecule has 0 fully saturated rings. The van der Waals surface area contributed by atoms with Crippen molar-refractivity contribution in [3.05, 3.63) is 0 Å². The van der Waals surface area contributed by atoms with E-state index in [0.29, 0.717) is 0 Å². The molecule has 1 N–H and O–H groups in total. The van der Waals surface area contributed by atoms with E-state index >= 15 is 0 Å². The van der Waals surface area contributed by atoms with E-state index in [1.54, 1.807) is 0 Å². The van der Waals surface area contributed by atoms with Crippen LogP contribution in [0.5, 0.6) is 0 Å². The van der Waals surface area contributed by atoms with Crippen molar-refractivity contribution in [2.75, 3.05) is 33.4 Å². The molecule has 0 amide bonds. The second kappa shape index (κ2) is 12.1. The quantitative estimate of drug-likeness (QED) is 0.415. The van der Waals surface area contributed by atoms with Crippen molar-refractivity contribution < 1.29 is 13.3 Å². The third kappa shape index (κ3) is 8.21. The molecule has 0 bridgehead atoms. The maximum atomic E-state index is 6.00. The maximum Gasteiger partial charge on any atom is 0.501 e. The third-order valence-corrected chi connectivity index (χ3v) is 5.39. The second-order valence-electron chi connectivity index (χ2n) is 4.44. The van der Waals surface area contributed by atoms with Gasteiger partial charge in [0, 0.05) is 25.9 Å². The molecule has 0 radical (unpaired) electrons. The van der Waals surface area contributed by atoms with E-state index in [1.807, 2.05) is 7.05 Å². The summed E-state index contributed by atoms with van der Waals surface area (Å²) in [6.45, 7) is 9.54. The fraction of sp³-hybridized carbons (Fsp3) is 1.00. The van der Waals surface area contributed by atoms with Gasteiger partial charge in [-0.05, 0) is 39.3 Å². The predicted octanol–water partition coefficient (Wildman–Crippen LogP) is 2.81. The van der Waals surface area contributed by atoms with Gasteiger partial charge in [0.2, 0.25) is 0 Å². The van der Waals surface area contributed by atoms with Crippen LogP contribution in [0.25, 0.3) is 0 Å². The van der Waals surface area contributed by atoms with Crippen molar-refractivity contribution in [3.8, 4) is 0 Å². The summed E-state index contributed by atoms with van der Waals surface area (Å²) in [7, 11) is -0.467. The van der Waals surface area contributed by atoms with Gasteiger partial charge in [0.15, 0.2) is 0 Å². The summed E-state index contributed by atoms with van der Waals surface area (Å²) in [5.41, 5.74) is 0. The summed E-state index contributed by atoms with van der Waals surface area (Å²) in [6, 6.07) is 0.911. The first-order valence-electron chi connectivity index (χ1n) is 7.31. The Morgan fingerprint density at radius 2 is 1.28 bits per heavy atom. The molecule has 0 saturated carbocycles. The molecule has 0 atom stereocenters. The Hall–Kier alpha value is 0.0569. The summed E-state index contributed by atoms with van der Waals surface area (Å²) >= 11 is 0. The topological polar surface area (TPSA) is 39.7 Å². The van der Waals surface area contributed by atoms with Crippen LogP contribution in [0.4, 0.5) is 0 Å². The first-order chi connectivity index (χ1) is 8.74. The summed E-state index contributed by atoms with van der Waals surface area (Å²) in [4.78, 5) is 0. The molecule has 4 nitrogen and oxygen atoms in total. The SMILES string of the molecule is CCCO[Si](CCCNC)(OCCC)OCCC. The Balaban J connectivity index is 4.41. The van der Waals surface area contributed by atoms with Gasteiger partial charge in [0.05, 0.1) is 0 Å². The van der Waals surface area contributed by atoms with Crippen LogP contribution in [-0.4, -0.2) is 42.2 Å². The van der Waals surface area contributed by atoms with E-state index in [2.05, 4.69) is 26.1 Å². The van der Waals surface area contributed by atoms with Crippen molar-refractivity contribution >= 4 is 8.80 Å². The largest absolute Gasteiger partial charge is 0.501 e. The molecule has 110 valence electrons. The third-order valence-electron chi connectivity index (χ3n) is 2.49. The van der Waals surface area contributed by atoms with Crippen LogP contribution in [0, 0.1) is 0 Å². The highest BCUT2D eigenvalue weighted by Gasteiger charge is 2.40. The van der Waals surface area contributed by atoms with Gasteiger partial charge in [0.1, 0.15) is 0 Å². The lowest BCUT2D eigenvalue weighted by atomic mass is 10.5. The molecule has 0 spiro atoms. The first-order valence-corrected chi connectivity index (χ1v) is 9.24. The average Bonchev–Trinajstić information content (AvgIpc) is 2.40. The normalized spacial score (nSPS) is 12.0. The molecule has 18 heavy (non-hydrogen) atoms. The fourth-order valence-electron chi connectivity index (χ4n) is 1.60. The van der Waals surface area contributed by atoms with Crippen LogP contribution < -0.4 is 5.32 Å². The van der Waals surface area contributed by atoms with Gasteiger partial charge in [0.25, 0.3) is 0 Å². The first kappa shape index (κ1) is 18.1. The van der Waals surface area contributed by atoms with E-state index < -0.39 is 8.80 Å². The van der Waals surface area contributed by atoms with Crippen LogP contribution in [0.15, 0.2) is 0 Å². The van der Waals surface area contributed by atoms with E-state index in [4.69, 9.17) is 13.3 Å². The van der Waals surface area contributed by atoms with Crippen molar-refractivity contribution in [1.29, 1.82) is 0 Å². The molecule has 0 aliphatic rings. The lowest BCUT2D eigenvalue weighted by Gasteiger charge is -2.29. The minimum Gasteiger partial charge on any atom is -0.373 e. The van der Waals surface area contributed by atoms with Crippen LogP contribution in [0.1, 0.15) is 46.5 Å². The van der Waals surface area contributed by atoms with Crippen molar-refractivity contribution in [2.45, 2.75) is 52.5 Å². The molecule has 5 heteroatoms. The van der Waals surface area contributed by atoms with Gasteiger partial charge < -0.3 is 18.6 Å². The Morgan fingerprint density at radius 3 is 1.61 bits per heavy atom. The lowest BCUT2D eigenvalue weighted by molar-refractivity contribution is 0.0588. The Morgan fingerprint density at radius 1 is 0.833 bits per heavy atom. The second-order valence-corrected chi connectivity index (χ2v) is 7.17. The van der Waals surface area contributed by atoms with Crippen molar-refractivity contribution in [3.63, 3.8) is 0 Å². The molecule has 0 unspecified atom stereocenters. The van der Waals surface area contributed by atoms with Gasteiger partial charge in [-0.15, -0.1) is 0 Å². The number of hydrogen-bond acceptors (Lipinski definition) is 4. The van der Waals surface area contributed by atoms with E-state index in [9.17, 15) is 0 Å². The van der Waals surface area contributed by atoms with E-state index in [1.165, 1.54) is 0 Å². The predicted molar refractivity (Wildman–Crippen MR) is 77.8 cm³/mol. The molecule has 0 aliphatic heterocycles. The molecule has 0 rings (SSSR count). The molecule has 0 aromatic rings. The van der Waals surface area contributed by atoms with Crippen LogP contribution in [-0.2, 0) is 13.3 Å². The number of rotatable bonds is 13. The maximum absolute atomic E-state index is 6.00. The standard InChI is InChI=1S/C13H31NO3Si/c1-5-10-15-18(16-11-6-2,17-12-7-3)13-8-9-14-4/h14H,5-13H2,1-4H3. The summed E-state index contributed by atoms with van der Waals surface area (Å²) in [5, 5.41) is 3.16. The minimum absolute atomic E-state index is 0.735. The Kier molecular flexibility index (Phi) is 12.1. The number of nitrogens with one attached hydrogen (secondary N) is 1. The smallest absolute Gasteiger partial charge is 0.373 e. The molecule has 0 aromatic carbocycles.